The summed E-state index contributed by atoms with van der Waals surface area (Å²) in [6, 6.07) is 4.26. The summed E-state index contributed by atoms with van der Waals surface area (Å²) in [5.74, 6) is 1.46. The molecule has 1 aliphatic rings. The van der Waals surface area contributed by atoms with Gasteiger partial charge in [-0.05, 0) is 96.7 Å². The molecule has 22 heavy (non-hydrogen) atoms. The van der Waals surface area contributed by atoms with E-state index in [2.05, 4.69) is 44.7 Å². The Balaban J connectivity index is 2.16. The maximum absolute atomic E-state index is 6.11. The molecule has 2 N–H and O–H groups in total. The van der Waals surface area contributed by atoms with Gasteiger partial charge in [0.05, 0.1) is 11.8 Å². The number of benzene rings is 1. The number of aryl methyl sites for hydroxylation is 1. The van der Waals surface area contributed by atoms with Crippen molar-refractivity contribution in [2.24, 2.45) is 0 Å². The highest BCUT2D eigenvalue weighted by Gasteiger charge is 2.28. The van der Waals surface area contributed by atoms with E-state index in [1.807, 2.05) is 13.8 Å². The number of nitrogen functional groups attached to an aromatic ring is 1. The molecule has 3 heteroatoms. The Bertz CT molecular complexity index is 509. The third-order valence-corrected chi connectivity index (χ3v) is 4.64. The molecule has 0 bridgehead atoms. The lowest BCUT2D eigenvalue weighted by Crippen LogP contribution is -2.45. The zero-order valence-corrected chi connectivity index (χ0v) is 15.1. The van der Waals surface area contributed by atoms with E-state index in [1.54, 1.807) is 0 Å². The van der Waals surface area contributed by atoms with Crippen LogP contribution in [0.15, 0.2) is 12.1 Å². The summed E-state index contributed by atoms with van der Waals surface area (Å²) in [6.45, 7) is 15.5. The topological polar surface area (TPSA) is 38.5 Å². The normalized spacial score (nSPS) is 18.0. The molecule has 0 atom stereocenters. The Morgan fingerprint density at radius 1 is 1.18 bits per heavy atom. The van der Waals surface area contributed by atoms with E-state index in [4.69, 9.17) is 10.5 Å². The number of anilines is 1. The first-order valence-electron chi connectivity index (χ1n) is 8.50. The molecule has 1 fully saturated rings. The van der Waals surface area contributed by atoms with Gasteiger partial charge in [-0.1, -0.05) is 0 Å². The van der Waals surface area contributed by atoms with Gasteiger partial charge in [-0.2, -0.15) is 0 Å². The zero-order chi connectivity index (χ0) is 16.5. The molecule has 0 unspecified atom stereocenters. The average Bonchev–Trinajstić information content (AvgIpc) is 2.40. The van der Waals surface area contributed by atoms with Gasteiger partial charge in [-0.25, -0.2) is 0 Å². The number of nitrogens with two attached hydrogens (primary N) is 1. The van der Waals surface area contributed by atoms with Crippen molar-refractivity contribution in [3.05, 3.63) is 23.3 Å². The summed E-state index contributed by atoms with van der Waals surface area (Å²) >= 11 is 0. The van der Waals surface area contributed by atoms with Crippen molar-refractivity contribution in [2.75, 3.05) is 18.8 Å². The number of piperidine rings is 1. The van der Waals surface area contributed by atoms with Gasteiger partial charge in [-0.15, -0.1) is 0 Å². The first-order chi connectivity index (χ1) is 10.2. The number of ether oxygens (including phenoxy) is 1. The molecule has 1 aliphatic heterocycles. The number of rotatable bonds is 3. The van der Waals surface area contributed by atoms with E-state index in [-0.39, 0.29) is 11.6 Å². The second-order valence-electron chi connectivity index (χ2n) is 7.85. The fourth-order valence-electron chi connectivity index (χ4n) is 3.38. The molecule has 0 amide bonds. The Kier molecular flexibility index (Phi) is 5.06. The second-order valence-corrected chi connectivity index (χ2v) is 7.85. The largest absolute Gasteiger partial charge is 0.489 e. The van der Waals surface area contributed by atoms with Crippen LogP contribution in [0.25, 0.3) is 0 Å². The van der Waals surface area contributed by atoms with Crippen LogP contribution in [0.5, 0.6) is 5.75 Å². The molecule has 0 aliphatic carbocycles. The van der Waals surface area contributed by atoms with Crippen molar-refractivity contribution in [1.82, 2.24) is 4.90 Å². The smallest absolute Gasteiger partial charge is 0.142 e. The van der Waals surface area contributed by atoms with Gasteiger partial charge in [0.2, 0.25) is 0 Å². The second kappa shape index (κ2) is 6.49. The zero-order valence-electron chi connectivity index (χ0n) is 15.1. The van der Waals surface area contributed by atoms with Crippen molar-refractivity contribution >= 4 is 5.69 Å². The molecule has 1 aromatic carbocycles. The van der Waals surface area contributed by atoms with Gasteiger partial charge in [-0.3, -0.25) is 4.90 Å². The monoisotopic (exact) mass is 304 g/mol. The Morgan fingerprint density at radius 3 is 2.27 bits per heavy atom. The van der Waals surface area contributed by atoms with Crippen LogP contribution in [0.3, 0.4) is 0 Å². The molecule has 124 valence electrons. The van der Waals surface area contributed by atoms with E-state index < -0.39 is 0 Å². The molecule has 1 saturated heterocycles. The standard InChI is InChI=1S/C19H32N2O/c1-13(2)22-18-12-16(14(3)11-17(18)20)15-7-9-21(10-8-15)19(4,5)6/h11-13,15H,7-10,20H2,1-6H3. The van der Waals surface area contributed by atoms with Crippen LogP contribution in [0, 0.1) is 6.92 Å². The highest BCUT2D eigenvalue weighted by molar-refractivity contribution is 5.57. The summed E-state index contributed by atoms with van der Waals surface area (Å²) in [7, 11) is 0. The lowest BCUT2D eigenvalue weighted by molar-refractivity contribution is 0.102. The number of hydrogen-bond acceptors (Lipinski definition) is 3. The first kappa shape index (κ1) is 17.1. The van der Waals surface area contributed by atoms with Crippen molar-refractivity contribution in [2.45, 2.75) is 71.9 Å². The fraction of sp³-hybridized carbons (Fsp3) is 0.684. The molecule has 1 heterocycles. The first-order valence-corrected chi connectivity index (χ1v) is 8.50. The van der Waals surface area contributed by atoms with Crippen LogP contribution >= 0.6 is 0 Å². The number of hydrogen-bond donors (Lipinski definition) is 1. The molecule has 0 radical (unpaired) electrons. The van der Waals surface area contributed by atoms with Gasteiger partial charge < -0.3 is 10.5 Å². The van der Waals surface area contributed by atoms with Crippen LogP contribution in [-0.2, 0) is 0 Å². The maximum Gasteiger partial charge on any atom is 0.142 e. The molecule has 1 aromatic rings. The van der Waals surface area contributed by atoms with Gasteiger partial charge in [0.25, 0.3) is 0 Å². The predicted octanol–water partition coefficient (Wildman–Crippen LogP) is 4.34. The average molecular weight is 304 g/mol. The van der Waals surface area contributed by atoms with E-state index in [0.717, 1.165) is 11.4 Å². The summed E-state index contributed by atoms with van der Waals surface area (Å²) in [5, 5.41) is 0. The van der Waals surface area contributed by atoms with Crippen molar-refractivity contribution in [3.63, 3.8) is 0 Å². The van der Waals surface area contributed by atoms with Gasteiger partial charge in [0.1, 0.15) is 5.75 Å². The highest BCUT2D eigenvalue weighted by Crippen LogP contribution is 2.36. The third kappa shape index (κ3) is 3.95. The van der Waals surface area contributed by atoms with Crippen molar-refractivity contribution in [3.8, 4) is 5.75 Å². The van der Waals surface area contributed by atoms with Crippen LogP contribution in [-0.4, -0.2) is 29.6 Å². The quantitative estimate of drug-likeness (QED) is 0.844. The SMILES string of the molecule is Cc1cc(N)c(OC(C)C)cc1C1CCN(C(C)(C)C)CC1. The molecule has 2 rings (SSSR count). The lowest BCUT2D eigenvalue weighted by atomic mass is 9.85. The fourth-order valence-corrected chi connectivity index (χ4v) is 3.38. The van der Waals surface area contributed by atoms with Gasteiger partial charge in [0, 0.05) is 5.54 Å². The van der Waals surface area contributed by atoms with Crippen LogP contribution in [0.2, 0.25) is 0 Å². The minimum absolute atomic E-state index is 0.153. The molecular formula is C19H32N2O. The minimum Gasteiger partial charge on any atom is -0.489 e. The summed E-state index contributed by atoms with van der Waals surface area (Å²) in [4.78, 5) is 2.58. The number of nitrogens with zero attached hydrogens (tertiary/aromatic N) is 1. The molecule has 0 aromatic heterocycles. The van der Waals surface area contributed by atoms with E-state index in [9.17, 15) is 0 Å². The minimum atomic E-state index is 0.153. The molecule has 0 spiro atoms. The number of likely N-dealkylation sites (tertiary alicyclic amines) is 1. The lowest BCUT2D eigenvalue weighted by Gasteiger charge is -2.41. The highest BCUT2D eigenvalue weighted by atomic mass is 16.5. The summed E-state index contributed by atoms with van der Waals surface area (Å²) in [6.07, 6.45) is 2.58. The Morgan fingerprint density at radius 2 is 1.77 bits per heavy atom. The Labute approximate surface area is 135 Å². The van der Waals surface area contributed by atoms with Gasteiger partial charge in [0.15, 0.2) is 0 Å². The summed E-state index contributed by atoms with van der Waals surface area (Å²) < 4.78 is 5.87. The molecule has 3 nitrogen and oxygen atoms in total. The predicted molar refractivity (Wildman–Crippen MR) is 94.7 cm³/mol. The van der Waals surface area contributed by atoms with Crippen molar-refractivity contribution in [1.29, 1.82) is 0 Å². The Hall–Kier alpha value is -1.22. The van der Waals surface area contributed by atoms with Crippen LogP contribution in [0.1, 0.15) is 64.5 Å². The third-order valence-electron chi connectivity index (χ3n) is 4.64. The molecular weight excluding hydrogens is 272 g/mol. The van der Waals surface area contributed by atoms with Crippen molar-refractivity contribution < 1.29 is 4.74 Å². The van der Waals surface area contributed by atoms with E-state index >= 15 is 0 Å². The van der Waals surface area contributed by atoms with Gasteiger partial charge >= 0.3 is 0 Å². The van der Waals surface area contributed by atoms with Crippen LogP contribution in [0.4, 0.5) is 5.69 Å². The van der Waals surface area contributed by atoms with E-state index in [1.165, 1.54) is 37.1 Å². The van der Waals surface area contributed by atoms with E-state index in [0.29, 0.717) is 5.92 Å². The maximum atomic E-state index is 6.11. The summed E-state index contributed by atoms with van der Waals surface area (Å²) in [5.41, 5.74) is 9.85. The molecule has 0 saturated carbocycles. The van der Waals surface area contributed by atoms with Crippen LogP contribution < -0.4 is 10.5 Å².